The molecule has 0 radical (unpaired) electrons. The second-order valence-corrected chi connectivity index (χ2v) is 9.30. The van der Waals surface area contributed by atoms with Gasteiger partial charge in [-0.05, 0) is 43.9 Å². The summed E-state index contributed by atoms with van der Waals surface area (Å²) in [7, 11) is 1.63. The zero-order valence-electron chi connectivity index (χ0n) is 18.7. The molecule has 2 aromatic heterocycles. The van der Waals surface area contributed by atoms with Crippen LogP contribution in [0.2, 0.25) is 0 Å². The minimum absolute atomic E-state index is 0.180. The van der Waals surface area contributed by atoms with Crippen molar-refractivity contribution >= 4 is 38.3 Å². The zero-order chi connectivity index (χ0) is 22.6. The molecule has 2 fully saturated rings. The fourth-order valence-electron chi connectivity index (χ4n) is 4.38. The Morgan fingerprint density at radius 3 is 2.79 bits per heavy atom. The maximum atomic E-state index is 13.0. The van der Waals surface area contributed by atoms with Crippen LogP contribution in [-0.2, 0) is 4.74 Å². The van der Waals surface area contributed by atoms with Gasteiger partial charge < -0.3 is 19.1 Å². The van der Waals surface area contributed by atoms with E-state index in [2.05, 4.69) is 20.2 Å². The van der Waals surface area contributed by atoms with E-state index in [1.165, 1.54) is 30.6 Å². The number of methoxy groups -OCH3 is 1. The van der Waals surface area contributed by atoms with Gasteiger partial charge in [-0.1, -0.05) is 17.8 Å². The average Bonchev–Trinajstić information content (AvgIpc) is 3.28. The summed E-state index contributed by atoms with van der Waals surface area (Å²) < 4.78 is 18.0. The first-order valence-electron chi connectivity index (χ1n) is 11.5. The number of benzene rings is 1. The summed E-state index contributed by atoms with van der Waals surface area (Å²) in [5.41, 5.74) is 2.33. The van der Waals surface area contributed by atoms with Crippen LogP contribution in [0.5, 0.6) is 11.6 Å². The highest BCUT2D eigenvalue weighted by atomic mass is 32.1. The van der Waals surface area contributed by atoms with Crippen molar-refractivity contribution < 1.29 is 19.0 Å². The van der Waals surface area contributed by atoms with Gasteiger partial charge in [-0.3, -0.25) is 10.1 Å². The van der Waals surface area contributed by atoms with Crippen LogP contribution in [-0.4, -0.2) is 55.4 Å². The number of nitrogens with zero attached hydrogens (tertiary/aromatic N) is 3. The van der Waals surface area contributed by atoms with Crippen LogP contribution in [0.15, 0.2) is 30.5 Å². The summed E-state index contributed by atoms with van der Waals surface area (Å²) in [4.78, 5) is 24.2. The molecule has 1 aliphatic heterocycles. The lowest BCUT2D eigenvalue weighted by atomic mass is 9.98. The fourth-order valence-corrected chi connectivity index (χ4v) is 5.40. The van der Waals surface area contributed by atoms with Gasteiger partial charge in [0, 0.05) is 30.9 Å². The third-order valence-corrected chi connectivity index (χ3v) is 7.11. The van der Waals surface area contributed by atoms with Crippen molar-refractivity contribution in [1.82, 2.24) is 9.97 Å². The van der Waals surface area contributed by atoms with E-state index in [9.17, 15) is 4.79 Å². The van der Waals surface area contributed by atoms with Gasteiger partial charge in [0.1, 0.15) is 17.4 Å². The van der Waals surface area contributed by atoms with Gasteiger partial charge >= 0.3 is 0 Å². The number of morpholine rings is 1. The fraction of sp³-hybridized carbons (Fsp3) is 0.458. The number of pyridine rings is 1. The Morgan fingerprint density at radius 1 is 1.18 bits per heavy atom. The Morgan fingerprint density at radius 2 is 2.00 bits per heavy atom. The largest absolute Gasteiger partial charge is 0.494 e. The van der Waals surface area contributed by atoms with E-state index in [1.807, 2.05) is 12.1 Å². The number of ether oxygens (including phenoxy) is 3. The van der Waals surface area contributed by atoms with E-state index >= 15 is 0 Å². The molecule has 1 aromatic carbocycles. The quantitative estimate of drug-likeness (QED) is 0.570. The molecule has 1 aliphatic carbocycles. The molecule has 0 spiro atoms. The minimum Gasteiger partial charge on any atom is -0.494 e. The highest BCUT2D eigenvalue weighted by Gasteiger charge is 2.21. The van der Waals surface area contributed by atoms with Crippen molar-refractivity contribution in [3.8, 4) is 11.6 Å². The molecule has 2 aliphatic rings. The number of rotatable bonds is 6. The molecule has 33 heavy (non-hydrogen) atoms. The summed E-state index contributed by atoms with van der Waals surface area (Å²) in [6.07, 6.45) is 7.49. The Kier molecular flexibility index (Phi) is 6.59. The third kappa shape index (κ3) is 4.89. The van der Waals surface area contributed by atoms with Crippen molar-refractivity contribution in [2.24, 2.45) is 0 Å². The molecule has 1 N–H and O–H groups in total. The molecule has 0 unspecified atom stereocenters. The van der Waals surface area contributed by atoms with Gasteiger partial charge in [0.15, 0.2) is 5.13 Å². The molecule has 8 nitrogen and oxygen atoms in total. The van der Waals surface area contributed by atoms with Gasteiger partial charge in [-0.25, -0.2) is 9.97 Å². The van der Waals surface area contributed by atoms with E-state index in [0.717, 1.165) is 41.8 Å². The van der Waals surface area contributed by atoms with Crippen molar-refractivity contribution in [3.63, 3.8) is 0 Å². The number of nitrogens with one attached hydrogen (secondary N) is 1. The number of carbonyl (C=O) groups excluding carboxylic acids is 1. The summed E-state index contributed by atoms with van der Waals surface area (Å²) in [6, 6.07) is 7.37. The molecular weight excluding hydrogens is 440 g/mol. The van der Waals surface area contributed by atoms with Crippen LogP contribution < -0.4 is 19.7 Å². The van der Waals surface area contributed by atoms with Crippen LogP contribution in [0.4, 0.5) is 10.8 Å². The molecule has 174 valence electrons. The summed E-state index contributed by atoms with van der Waals surface area (Å²) >= 11 is 1.45. The van der Waals surface area contributed by atoms with E-state index in [4.69, 9.17) is 14.2 Å². The maximum Gasteiger partial charge on any atom is 0.257 e. The summed E-state index contributed by atoms with van der Waals surface area (Å²) in [5, 5.41) is 3.47. The van der Waals surface area contributed by atoms with Gasteiger partial charge in [0.25, 0.3) is 5.91 Å². The molecule has 1 amide bonds. The van der Waals surface area contributed by atoms with Gasteiger partial charge in [-0.2, -0.15) is 0 Å². The number of hydrogen-bond acceptors (Lipinski definition) is 8. The molecule has 0 atom stereocenters. The van der Waals surface area contributed by atoms with Crippen molar-refractivity contribution in [2.45, 2.75) is 38.2 Å². The number of thiazole rings is 1. The number of fused-ring (bicyclic) bond motifs is 1. The van der Waals surface area contributed by atoms with E-state index in [-0.39, 0.29) is 12.0 Å². The Hall–Kier alpha value is -2.91. The summed E-state index contributed by atoms with van der Waals surface area (Å²) in [6.45, 7) is 3.04. The monoisotopic (exact) mass is 468 g/mol. The Bertz CT molecular complexity index is 1120. The van der Waals surface area contributed by atoms with Gasteiger partial charge in [-0.15, -0.1) is 0 Å². The molecule has 1 saturated carbocycles. The smallest absolute Gasteiger partial charge is 0.257 e. The third-order valence-electron chi connectivity index (χ3n) is 6.11. The Balaban J connectivity index is 1.36. The Labute approximate surface area is 196 Å². The highest BCUT2D eigenvalue weighted by Crippen LogP contribution is 2.39. The number of carbonyl (C=O) groups is 1. The van der Waals surface area contributed by atoms with E-state index in [1.54, 1.807) is 25.4 Å². The predicted molar refractivity (Wildman–Crippen MR) is 129 cm³/mol. The molecule has 0 bridgehead atoms. The van der Waals surface area contributed by atoms with Gasteiger partial charge in [0.05, 0.1) is 30.7 Å². The zero-order valence-corrected chi connectivity index (χ0v) is 19.5. The number of aromatic nitrogens is 2. The molecule has 1 saturated heterocycles. The van der Waals surface area contributed by atoms with Crippen molar-refractivity contribution in [2.75, 3.05) is 43.6 Å². The lowest BCUT2D eigenvalue weighted by Gasteiger charge is -2.29. The highest BCUT2D eigenvalue weighted by molar-refractivity contribution is 7.23. The first kappa shape index (κ1) is 21.9. The molecule has 3 aromatic rings. The molecule has 9 heteroatoms. The topological polar surface area (TPSA) is 85.8 Å². The lowest BCUT2D eigenvalue weighted by molar-refractivity contribution is 0.102. The van der Waals surface area contributed by atoms with Crippen LogP contribution in [0, 0.1) is 0 Å². The van der Waals surface area contributed by atoms with Crippen LogP contribution in [0.25, 0.3) is 10.2 Å². The molecule has 3 heterocycles. The van der Waals surface area contributed by atoms with Crippen LogP contribution >= 0.6 is 11.3 Å². The van der Waals surface area contributed by atoms with Crippen LogP contribution in [0.1, 0.15) is 42.5 Å². The lowest BCUT2D eigenvalue weighted by Crippen LogP contribution is -2.36. The van der Waals surface area contributed by atoms with Crippen molar-refractivity contribution in [1.29, 1.82) is 0 Å². The maximum absolute atomic E-state index is 13.0. The van der Waals surface area contributed by atoms with E-state index in [0.29, 0.717) is 35.5 Å². The van der Waals surface area contributed by atoms with Crippen molar-refractivity contribution in [3.05, 3.63) is 36.0 Å². The number of hydrogen-bond donors (Lipinski definition) is 1. The SMILES string of the molecule is COc1ccc(N2CCOCC2)c2sc(NC(=O)c3ccnc(OC4CCCCC4)c3)nc12. The minimum atomic E-state index is -0.239. The summed E-state index contributed by atoms with van der Waals surface area (Å²) in [5.74, 6) is 0.942. The average molecular weight is 469 g/mol. The normalized spacial score (nSPS) is 17.2. The predicted octanol–water partition coefficient (Wildman–Crippen LogP) is 4.50. The molecular formula is C24H28N4O4S. The number of anilines is 2. The van der Waals surface area contributed by atoms with E-state index < -0.39 is 0 Å². The molecule has 5 rings (SSSR count). The van der Waals surface area contributed by atoms with Gasteiger partial charge in [0.2, 0.25) is 5.88 Å². The standard InChI is InChI=1S/C24H28N4O4S/c1-30-19-8-7-18(28-11-13-31-14-12-28)22-21(19)26-24(33-22)27-23(29)16-9-10-25-20(15-16)32-17-5-3-2-4-6-17/h7-10,15,17H,2-6,11-14H2,1H3,(H,26,27,29). The van der Waals surface area contributed by atoms with Crippen LogP contribution in [0.3, 0.4) is 0 Å². The second kappa shape index (κ2) is 9.93. The number of amides is 1. The first-order chi connectivity index (χ1) is 16.2. The first-order valence-corrected chi connectivity index (χ1v) is 12.3. The second-order valence-electron chi connectivity index (χ2n) is 8.30.